The van der Waals surface area contributed by atoms with Crippen molar-refractivity contribution in [3.05, 3.63) is 93.8 Å². The molecule has 1 saturated carbocycles. The number of rotatable bonds is 15. The number of nitrogens with one attached hydrogen (secondary N) is 3. The zero-order valence-corrected chi connectivity index (χ0v) is 33.0. The van der Waals surface area contributed by atoms with Crippen molar-refractivity contribution in [1.29, 1.82) is 5.26 Å². The highest BCUT2D eigenvalue weighted by molar-refractivity contribution is 5.71. The molecule has 1 fully saturated rings. The molecule has 1 aliphatic rings. The van der Waals surface area contributed by atoms with Gasteiger partial charge >= 0.3 is 0 Å². The normalized spacial score (nSPS) is 15.6. The van der Waals surface area contributed by atoms with E-state index in [9.17, 15) is 19.2 Å². The average Bonchev–Trinajstić information content (AvgIpc) is 3.14. The quantitative estimate of drug-likeness (QED) is 0.0809. The summed E-state index contributed by atoms with van der Waals surface area (Å²) < 4.78 is 19.9. The van der Waals surface area contributed by atoms with Crippen LogP contribution in [0.4, 0.5) is 10.1 Å². The lowest BCUT2D eigenvalue weighted by atomic mass is 9.77. The molecule has 9 nitrogen and oxygen atoms in total. The first kappa shape index (κ1) is 46.6. The third-order valence-corrected chi connectivity index (χ3v) is 8.89. The maximum Gasteiger partial charge on any atom is 0.130 e. The lowest BCUT2D eigenvalue weighted by molar-refractivity contribution is -0.113. The van der Waals surface area contributed by atoms with Gasteiger partial charge in [-0.2, -0.15) is 5.26 Å². The number of nitriles is 1. The summed E-state index contributed by atoms with van der Waals surface area (Å²) >= 11 is 0. The summed E-state index contributed by atoms with van der Waals surface area (Å²) in [6.07, 6.45) is 9.77. The largest absolute Gasteiger partial charge is 0.489 e. The van der Waals surface area contributed by atoms with Crippen molar-refractivity contribution in [2.24, 2.45) is 5.92 Å². The Hall–Kier alpha value is -4.43. The van der Waals surface area contributed by atoms with Gasteiger partial charge in [-0.1, -0.05) is 51.0 Å². The summed E-state index contributed by atoms with van der Waals surface area (Å²) in [6, 6.07) is 19.4. The maximum atomic E-state index is 14.0. The minimum Gasteiger partial charge on any atom is -0.489 e. The number of anilines is 1. The zero-order valence-electron chi connectivity index (χ0n) is 33.0. The molecule has 0 aromatic heterocycles. The van der Waals surface area contributed by atoms with E-state index in [0.29, 0.717) is 43.2 Å². The minimum atomic E-state index is -0.749. The summed E-state index contributed by atoms with van der Waals surface area (Å²) in [7, 11) is 5.49. The van der Waals surface area contributed by atoms with Gasteiger partial charge in [0.15, 0.2) is 0 Å². The summed E-state index contributed by atoms with van der Waals surface area (Å²) in [5, 5.41) is 15.6. The van der Waals surface area contributed by atoms with Crippen LogP contribution in [0.15, 0.2) is 54.6 Å². The van der Waals surface area contributed by atoms with Crippen LogP contribution in [-0.4, -0.2) is 52.7 Å². The van der Waals surface area contributed by atoms with Crippen molar-refractivity contribution in [2.75, 3.05) is 33.1 Å². The Morgan fingerprint density at radius 3 is 2.34 bits per heavy atom. The molecule has 0 aliphatic heterocycles. The number of ether oxygens (including phenoxy) is 1. The molecule has 3 aromatic carbocycles. The molecule has 0 bridgehead atoms. The smallest absolute Gasteiger partial charge is 0.130 e. The van der Waals surface area contributed by atoms with Gasteiger partial charge in [-0.05, 0) is 125 Å². The first-order valence-electron chi connectivity index (χ1n) is 18.5. The van der Waals surface area contributed by atoms with Crippen molar-refractivity contribution < 1.29 is 28.3 Å². The van der Waals surface area contributed by atoms with E-state index in [0.717, 1.165) is 64.7 Å². The molecule has 3 N–H and O–H groups in total. The van der Waals surface area contributed by atoms with Crippen LogP contribution in [0.3, 0.4) is 0 Å². The molecular weight excluding hydrogens is 671 g/mol. The number of halogens is 1. The van der Waals surface area contributed by atoms with E-state index in [1.165, 1.54) is 38.7 Å². The predicted molar refractivity (Wildman–Crippen MR) is 212 cm³/mol. The van der Waals surface area contributed by atoms with Crippen LogP contribution in [0.25, 0.3) is 0 Å². The number of hydrogen-bond acceptors (Lipinski definition) is 9. The Bertz CT molecular complexity index is 1580. The SMILES string of the molecule is CC=O.CCc1c(OCc2ccc(C)cc2F)cccc1[C@@](C)(C=O)CCC=O.CNC.CNOCCc1cc(NC2CCCC(C)C2)ccc1C#N. The number of carbonyl (C=O) groups excluding carboxylic acids is 3. The average molecular weight is 733 g/mol. The molecule has 0 amide bonds. The second-order valence-electron chi connectivity index (χ2n) is 13.4. The summed E-state index contributed by atoms with van der Waals surface area (Å²) in [6.45, 7) is 10.1. The van der Waals surface area contributed by atoms with Gasteiger partial charge in [-0.3, -0.25) is 0 Å². The highest BCUT2D eigenvalue weighted by Gasteiger charge is 2.29. The molecular formula is C43H61FN4O5. The summed E-state index contributed by atoms with van der Waals surface area (Å²) in [5.74, 6) is 1.16. The number of nitrogens with zero attached hydrogens (tertiary/aromatic N) is 1. The van der Waals surface area contributed by atoms with Crippen LogP contribution in [0, 0.1) is 30.0 Å². The standard InChI is InChI=1S/C22H25FO3.C17H25N3O.C2H7N.C2H4O/c1-4-18-19(22(3,15-25)11-6-12-24)7-5-8-21(18)26-14-17-10-9-16(2)13-20(17)23;1-13-4-3-5-16(10-13)20-17-7-6-15(12-18)14(11-17)8-9-21-19-2;1-3-2;1-2-3/h5,7-10,12-13,15H,4,6,11,14H2,1-3H3;6-7,11,13,16,19-20H,3-5,8-10H2,1-2H3;3H,1-2H3;2H,1H3/t22-;;;/m1.../s1. The van der Waals surface area contributed by atoms with Crippen LogP contribution < -0.4 is 20.9 Å². The number of benzene rings is 3. The predicted octanol–water partition coefficient (Wildman–Crippen LogP) is 7.99. The van der Waals surface area contributed by atoms with E-state index in [4.69, 9.17) is 14.4 Å². The highest BCUT2D eigenvalue weighted by Crippen LogP contribution is 2.35. The van der Waals surface area contributed by atoms with Gasteiger partial charge in [0.2, 0.25) is 0 Å². The molecule has 4 rings (SSSR count). The summed E-state index contributed by atoms with van der Waals surface area (Å²) in [4.78, 5) is 36.5. The zero-order chi connectivity index (χ0) is 39.6. The molecule has 0 heterocycles. The van der Waals surface area contributed by atoms with E-state index in [1.54, 1.807) is 13.1 Å². The number of aldehydes is 3. The Morgan fingerprint density at radius 2 is 1.75 bits per heavy atom. The number of aryl methyl sites for hydroxylation is 1. The number of hydroxylamine groups is 1. The number of hydrogen-bond donors (Lipinski definition) is 3. The van der Waals surface area contributed by atoms with Crippen LogP contribution in [-0.2, 0) is 44.1 Å². The van der Waals surface area contributed by atoms with Gasteiger partial charge in [0.25, 0.3) is 0 Å². The van der Waals surface area contributed by atoms with Gasteiger partial charge in [-0.25, -0.2) is 9.87 Å². The molecule has 10 heteroatoms. The van der Waals surface area contributed by atoms with Crippen molar-refractivity contribution in [3.63, 3.8) is 0 Å². The second-order valence-corrected chi connectivity index (χ2v) is 13.4. The van der Waals surface area contributed by atoms with Gasteiger partial charge < -0.3 is 34.6 Å². The Labute approximate surface area is 317 Å². The maximum absolute atomic E-state index is 14.0. The molecule has 3 aromatic rings. The van der Waals surface area contributed by atoms with Crippen molar-refractivity contribution in [1.82, 2.24) is 10.8 Å². The number of carbonyl (C=O) groups is 3. The Morgan fingerprint density at radius 1 is 1.04 bits per heavy atom. The van der Waals surface area contributed by atoms with E-state index in [2.05, 4.69) is 35.2 Å². The van der Waals surface area contributed by atoms with Gasteiger partial charge in [0.05, 0.1) is 18.2 Å². The van der Waals surface area contributed by atoms with E-state index in [-0.39, 0.29) is 12.4 Å². The molecule has 53 heavy (non-hydrogen) atoms. The van der Waals surface area contributed by atoms with Crippen LogP contribution in [0.2, 0.25) is 0 Å². The first-order valence-corrected chi connectivity index (χ1v) is 18.5. The topological polar surface area (TPSA) is 130 Å². The molecule has 1 aliphatic carbocycles. The third kappa shape index (κ3) is 16.4. The lowest BCUT2D eigenvalue weighted by Gasteiger charge is -2.28. The van der Waals surface area contributed by atoms with Crippen LogP contribution in [0.5, 0.6) is 5.75 Å². The van der Waals surface area contributed by atoms with Crippen LogP contribution >= 0.6 is 0 Å². The fourth-order valence-corrected chi connectivity index (χ4v) is 6.20. The molecule has 0 spiro atoms. The van der Waals surface area contributed by atoms with Crippen molar-refractivity contribution >= 4 is 24.5 Å². The molecule has 3 atom stereocenters. The Balaban J connectivity index is 0.000000468. The molecule has 2 unspecified atom stereocenters. The van der Waals surface area contributed by atoms with E-state index >= 15 is 0 Å². The summed E-state index contributed by atoms with van der Waals surface area (Å²) in [5.41, 5.74) is 7.93. The van der Waals surface area contributed by atoms with Crippen LogP contribution in [0.1, 0.15) is 99.6 Å². The van der Waals surface area contributed by atoms with Gasteiger partial charge in [0, 0.05) is 36.2 Å². The van der Waals surface area contributed by atoms with E-state index in [1.807, 2.05) is 71.3 Å². The fraction of sp³-hybridized carbons (Fsp3) is 0.488. The van der Waals surface area contributed by atoms with Gasteiger partial charge in [0.1, 0.15) is 37.0 Å². The van der Waals surface area contributed by atoms with Crippen molar-refractivity contribution in [3.8, 4) is 11.8 Å². The third-order valence-electron chi connectivity index (χ3n) is 8.89. The fourth-order valence-electron chi connectivity index (χ4n) is 6.20. The molecule has 290 valence electrons. The van der Waals surface area contributed by atoms with Crippen molar-refractivity contribution in [2.45, 2.75) is 104 Å². The molecule has 0 radical (unpaired) electrons. The highest BCUT2D eigenvalue weighted by atomic mass is 19.1. The first-order chi connectivity index (χ1) is 25.5. The Kier molecular flexibility index (Phi) is 23.2. The van der Waals surface area contributed by atoms with Gasteiger partial charge in [-0.15, -0.1) is 0 Å². The van der Waals surface area contributed by atoms with E-state index < -0.39 is 5.41 Å². The minimum absolute atomic E-state index is 0.120. The molecule has 0 saturated heterocycles. The lowest BCUT2D eigenvalue weighted by Crippen LogP contribution is -2.26. The second kappa shape index (κ2) is 26.4. The monoisotopic (exact) mass is 732 g/mol.